The van der Waals surface area contributed by atoms with E-state index < -0.39 is 32.5 Å². The number of sulfone groups is 1. The van der Waals surface area contributed by atoms with E-state index in [1.54, 1.807) is 35.8 Å². The average molecular weight is 510 g/mol. The molecule has 1 aliphatic rings. The van der Waals surface area contributed by atoms with Crippen molar-refractivity contribution in [2.24, 2.45) is 0 Å². The number of hydrogen-bond acceptors (Lipinski definition) is 8. The van der Waals surface area contributed by atoms with E-state index in [0.717, 1.165) is 15.3 Å². The van der Waals surface area contributed by atoms with Gasteiger partial charge in [0.05, 0.1) is 19.3 Å². The summed E-state index contributed by atoms with van der Waals surface area (Å²) in [7, 11) is -0.942. The number of hydrogen-bond donors (Lipinski definition) is 3. The molecule has 3 amide bonds. The van der Waals surface area contributed by atoms with Crippen LogP contribution in [0.4, 0.5) is 10.5 Å². The Hall–Kier alpha value is -2.96. The van der Waals surface area contributed by atoms with Crippen LogP contribution in [0.5, 0.6) is 0 Å². The van der Waals surface area contributed by atoms with Crippen molar-refractivity contribution in [3.05, 3.63) is 41.3 Å². The van der Waals surface area contributed by atoms with E-state index in [-0.39, 0.29) is 18.7 Å². The van der Waals surface area contributed by atoms with Crippen LogP contribution in [-0.4, -0.2) is 62.9 Å². The number of benzene rings is 1. The Labute approximate surface area is 201 Å². The van der Waals surface area contributed by atoms with Crippen LogP contribution in [-0.2, 0) is 28.9 Å². The highest BCUT2D eigenvalue weighted by Crippen LogP contribution is 2.47. The van der Waals surface area contributed by atoms with Crippen molar-refractivity contribution in [2.45, 2.75) is 30.4 Å². The molecule has 0 spiro atoms. The highest BCUT2D eigenvalue weighted by Gasteiger charge is 2.49. The van der Waals surface area contributed by atoms with Crippen LogP contribution in [0, 0.1) is 0 Å². The minimum Gasteiger partial charge on any atom is -0.453 e. The SMILES string of the molecule is COC(=O)N(C)CC(=O)Nc1cccc(-c2ccc([C@@]3(CC(=O)NO)CCCCS3(=O)=O)s2)c1. The number of rotatable bonds is 7. The van der Waals surface area contributed by atoms with Crippen LogP contribution in [0.2, 0.25) is 0 Å². The Kier molecular flexibility index (Phi) is 7.95. The molecule has 1 atom stereocenters. The second kappa shape index (κ2) is 10.5. The molecule has 34 heavy (non-hydrogen) atoms. The van der Waals surface area contributed by atoms with Gasteiger partial charge >= 0.3 is 6.09 Å². The molecule has 1 saturated heterocycles. The maximum Gasteiger partial charge on any atom is 0.409 e. The van der Waals surface area contributed by atoms with E-state index in [1.807, 2.05) is 6.07 Å². The standard InChI is InChI=1S/C22H27N3O7S2/c1-25(21(28)32-2)14-20(27)23-16-7-5-6-15(12-16)17-8-9-18(33-17)22(13-19(26)24-29)10-3-4-11-34(22,30)31/h5-9,12,29H,3-4,10-11,13-14H2,1-2H3,(H,23,27)(H,24,26)/t22-/m0/s1. The van der Waals surface area contributed by atoms with Crippen molar-refractivity contribution in [3.8, 4) is 10.4 Å². The van der Waals surface area contributed by atoms with Gasteiger partial charge in [-0.1, -0.05) is 18.6 Å². The van der Waals surface area contributed by atoms with Crippen LogP contribution in [0.1, 0.15) is 30.6 Å². The van der Waals surface area contributed by atoms with Crippen molar-refractivity contribution in [3.63, 3.8) is 0 Å². The summed E-state index contributed by atoms with van der Waals surface area (Å²) < 4.78 is 29.4. The van der Waals surface area contributed by atoms with Crippen molar-refractivity contribution in [1.29, 1.82) is 0 Å². The molecule has 184 valence electrons. The zero-order valence-corrected chi connectivity index (χ0v) is 20.5. The number of thiophene rings is 1. The summed E-state index contributed by atoms with van der Waals surface area (Å²) in [4.78, 5) is 38.2. The molecule has 0 saturated carbocycles. The Bertz CT molecular complexity index is 1180. The first kappa shape index (κ1) is 25.7. The summed E-state index contributed by atoms with van der Waals surface area (Å²) in [6.07, 6.45) is 0.515. The first-order valence-corrected chi connectivity index (χ1v) is 13.0. The highest BCUT2D eigenvalue weighted by atomic mass is 32.2. The quantitative estimate of drug-likeness (QED) is 0.385. The zero-order chi connectivity index (χ0) is 24.9. The fourth-order valence-corrected chi connectivity index (χ4v) is 7.81. The van der Waals surface area contributed by atoms with Crippen molar-refractivity contribution in [1.82, 2.24) is 10.4 Å². The first-order chi connectivity index (χ1) is 16.1. The number of hydroxylamine groups is 1. The lowest BCUT2D eigenvalue weighted by atomic mass is 9.94. The van der Waals surface area contributed by atoms with Crippen LogP contribution in [0.15, 0.2) is 36.4 Å². The molecule has 3 N–H and O–H groups in total. The number of likely N-dealkylation sites (N-methyl/N-ethyl adjacent to an activating group) is 1. The largest absolute Gasteiger partial charge is 0.453 e. The van der Waals surface area contributed by atoms with Gasteiger partial charge in [-0.2, -0.15) is 0 Å². The summed E-state index contributed by atoms with van der Waals surface area (Å²) in [6.45, 7) is -0.187. The molecule has 10 nitrogen and oxygen atoms in total. The van der Waals surface area contributed by atoms with Gasteiger partial charge in [0.1, 0.15) is 11.3 Å². The Morgan fingerprint density at radius 3 is 2.62 bits per heavy atom. The van der Waals surface area contributed by atoms with Crippen LogP contribution >= 0.6 is 11.3 Å². The molecular weight excluding hydrogens is 482 g/mol. The zero-order valence-electron chi connectivity index (χ0n) is 18.9. The molecule has 1 aromatic heterocycles. The number of anilines is 1. The molecule has 3 rings (SSSR count). The van der Waals surface area contributed by atoms with E-state index in [0.29, 0.717) is 29.8 Å². The molecule has 2 heterocycles. The lowest BCUT2D eigenvalue weighted by molar-refractivity contribution is -0.130. The number of amides is 3. The number of ether oxygens (including phenoxy) is 1. The number of methoxy groups -OCH3 is 1. The Morgan fingerprint density at radius 1 is 1.18 bits per heavy atom. The number of carbonyl (C=O) groups is 3. The number of nitrogens with zero attached hydrogens (tertiary/aromatic N) is 1. The van der Waals surface area contributed by atoms with Gasteiger partial charge in [-0.3, -0.25) is 14.8 Å². The maximum absolute atomic E-state index is 13.1. The third-order valence-electron chi connectivity index (χ3n) is 5.76. The van der Waals surface area contributed by atoms with Crippen molar-refractivity contribution in [2.75, 3.05) is 31.8 Å². The van der Waals surface area contributed by atoms with E-state index in [4.69, 9.17) is 5.21 Å². The van der Waals surface area contributed by atoms with Gasteiger partial charge in [0.2, 0.25) is 11.8 Å². The summed E-state index contributed by atoms with van der Waals surface area (Å²) in [6, 6.07) is 10.5. The van der Waals surface area contributed by atoms with Crippen molar-refractivity contribution < 1.29 is 32.7 Å². The van der Waals surface area contributed by atoms with Gasteiger partial charge in [-0.15, -0.1) is 11.3 Å². The van der Waals surface area contributed by atoms with E-state index in [1.165, 1.54) is 25.5 Å². The fraction of sp³-hybridized carbons (Fsp3) is 0.409. The van der Waals surface area contributed by atoms with Crippen molar-refractivity contribution >= 4 is 44.8 Å². The smallest absolute Gasteiger partial charge is 0.409 e. The fourth-order valence-electron chi connectivity index (χ4n) is 4.04. The van der Waals surface area contributed by atoms with Gasteiger partial charge < -0.3 is 15.0 Å². The van der Waals surface area contributed by atoms with Crippen LogP contribution < -0.4 is 10.8 Å². The lowest BCUT2D eigenvalue weighted by Gasteiger charge is -2.35. The third kappa shape index (κ3) is 5.40. The molecule has 1 aliphatic heterocycles. The monoisotopic (exact) mass is 509 g/mol. The molecule has 0 unspecified atom stereocenters. The van der Waals surface area contributed by atoms with Gasteiger partial charge in [-0.25, -0.2) is 18.7 Å². The van der Waals surface area contributed by atoms with Crippen LogP contribution in [0.3, 0.4) is 0 Å². The molecule has 0 bridgehead atoms. The van der Waals surface area contributed by atoms with E-state index in [2.05, 4.69) is 10.1 Å². The predicted molar refractivity (Wildman–Crippen MR) is 127 cm³/mol. The summed E-state index contributed by atoms with van der Waals surface area (Å²) >= 11 is 1.27. The Morgan fingerprint density at radius 2 is 1.94 bits per heavy atom. The molecular formula is C22H27N3O7S2. The number of nitrogens with one attached hydrogen (secondary N) is 2. The Balaban J connectivity index is 1.86. The van der Waals surface area contributed by atoms with E-state index in [9.17, 15) is 22.8 Å². The van der Waals surface area contributed by atoms with Gasteiger partial charge in [0.25, 0.3) is 0 Å². The minimum absolute atomic E-state index is 0.0134. The summed E-state index contributed by atoms with van der Waals surface area (Å²) in [5.74, 6) is -1.17. The molecule has 0 aliphatic carbocycles. The average Bonchev–Trinajstić information content (AvgIpc) is 3.30. The lowest BCUT2D eigenvalue weighted by Crippen LogP contribution is -2.43. The van der Waals surface area contributed by atoms with Gasteiger partial charge in [0, 0.05) is 22.5 Å². The normalized spacial score (nSPS) is 19.1. The maximum atomic E-state index is 13.1. The van der Waals surface area contributed by atoms with Gasteiger partial charge in [0.15, 0.2) is 9.84 Å². The second-order valence-corrected chi connectivity index (χ2v) is 11.6. The van der Waals surface area contributed by atoms with E-state index >= 15 is 0 Å². The third-order valence-corrected chi connectivity index (χ3v) is 9.82. The molecule has 1 fully saturated rings. The number of carbonyl (C=O) groups excluding carboxylic acids is 3. The topological polar surface area (TPSA) is 142 Å². The molecule has 0 radical (unpaired) electrons. The molecule has 1 aromatic carbocycles. The summed E-state index contributed by atoms with van der Waals surface area (Å²) in [5, 5.41) is 11.8. The summed E-state index contributed by atoms with van der Waals surface area (Å²) in [5.41, 5.74) is 2.83. The molecule has 12 heteroatoms. The van der Waals surface area contributed by atoms with Gasteiger partial charge in [-0.05, 0) is 42.7 Å². The minimum atomic E-state index is -3.62. The molecule has 2 aromatic rings. The highest BCUT2D eigenvalue weighted by molar-refractivity contribution is 7.92. The second-order valence-electron chi connectivity index (χ2n) is 8.10. The first-order valence-electron chi connectivity index (χ1n) is 10.6. The van der Waals surface area contributed by atoms with Crippen LogP contribution in [0.25, 0.3) is 10.4 Å². The predicted octanol–water partition coefficient (Wildman–Crippen LogP) is 2.74.